The van der Waals surface area contributed by atoms with Crippen molar-refractivity contribution < 1.29 is 9.21 Å². The molecule has 3 rings (SSSR count). The van der Waals surface area contributed by atoms with Crippen LogP contribution in [0.3, 0.4) is 0 Å². The van der Waals surface area contributed by atoms with Crippen molar-refractivity contribution >= 4 is 5.91 Å². The van der Waals surface area contributed by atoms with E-state index in [0.717, 1.165) is 16.9 Å². The lowest BCUT2D eigenvalue weighted by Crippen LogP contribution is -2.43. The quantitative estimate of drug-likeness (QED) is 0.693. The summed E-state index contributed by atoms with van der Waals surface area (Å²) < 4.78 is 5.57. The van der Waals surface area contributed by atoms with Gasteiger partial charge in [-0.2, -0.15) is 0 Å². The molecule has 4 nitrogen and oxygen atoms in total. The molecule has 0 bridgehead atoms. The van der Waals surface area contributed by atoms with E-state index in [1.165, 1.54) is 0 Å². The number of hydrogen-bond acceptors (Lipinski definition) is 3. The van der Waals surface area contributed by atoms with Gasteiger partial charge in [-0.1, -0.05) is 60.7 Å². The third-order valence-electron chi connectivity index (χ3n) is 4.08. The lowest BCUT2D eigenvalue weighted by Gasteiger charge is -2.22. The minimum atomic E-state index is -0.362. The highest BCUT2D eigenvalue weighted by atomic mass is 16.3. The Hall–Kier alpha value is -2.85. The average molecular weight is 334 g/mol. The first kappa shape index (κ1) is 17.0. The summed E-state index contributed by atoms with van der Waals surface area (Å²) in [6.07, 6.45) is 1.65. The van der Waals surface area contributed by atoms with Crippen molar-refractivity contribution in [3.8, 4) is 0 Å². The van der Waals surface area contributed by atoms with Crippen LogP contribution in [0.15, 0.2) is 83.5 Å². The van der Waals surface area contributed by atoms with E-state index in [1.807, 2.05) is 79.7 Å². The summed E-state index contributed by atoms with van der Waals surface area (Å²) in [5, 5.41) is 6.33. The second kappa shape index (κ2) is 8.31. The largest absolute Gasteiger partial charge is 0.467 e. The fourth-order valence-electron chi connectivity index (χ4n) is 2.71. The molecular formula is C21H22N2O2. The van der Waals surface area contributed by atoms with Crippen LogP contribution >= 0.6 is 0 Å². The van der Waals surface area contributed by atoms with Gasteiger partial charge in [0.2, 0.25) is 5.91 Å². The molecule has 2 aromatic carbocycles. The van der Waals surface area contributed by atoms with Gasteiger partial charge in [-0.3, -0.25) is 10.1 Å². The highest BCUT2D eigenvalue weighted by molar-refractivity contribution is 5.81. The summed E-state index contributed by atoms with van der Waals surface area (Å²) in [7, 11) is 0. The molecule has 0 aliphatic carbocycles. The molecule has 1 amide bonds. The van der Waals surface area contributed by atoms with Crippen LogP contribution < -0.4 is 10.6 Å². The van der Waals surface area contributed by atoms with Crippen molar-refractivity contribution in [1.29, 1.82) is 0 Å². The van der Waals surface area contributed by atoms with Gasteiger partial charge in [-0.15, -0.1) is 0 Å². The molecule has 0 fully saturated rings. The summed E-state index contributed by atoms with van der Waals surface area (Å²) in [6.45, 7) is 2.38. The van der Waals surface area contributed by atoms with E-state index < -0.39 is 0 Å². The van der Waals surface area contributed by atoms with Gasteiger partial charge in [0, 0.05) is 6.54 Å². The summed E-state index contributed by atoms with van der Waals surface area (Å²) in [5.74, 6) is 0.741. The monoisotopic (exact) mass is 334 g/mol. The van der Waals surface area contributed by atoms with E-state index in [4.69, 9.17) is 4.42 Å². The molecule has 4 heteroatoms. The fraction of sp³-hybridized carbons (Fsp3) is 0.190. The summed E-state index contributed by atoms with van der Waals surface area (Å²) >= 11 is 0. The topological polar surface area (TPSA) is 54.3 Å². The number of amides is 1. The average Bonchev–Trinajstić information content (AvgIpc) is 3.20. The third-order valence-corrected chi connectivity index (χ3v) is 4.08. The molecule has 0 spiro atoms. The van der Waals surface area contributed by atoms with Gasteiger partial charge in [0.25, 0.3) is 0 Å². The van der Waals surface area contributed by atoms with Crippen molar-refractivity contribution in [2.45, 2.75) is 25.6 Å². The van der Waals surface area contributed by atoms with Crippen LogP contribution in [-0.4, -0.2) is 11.9 Å². The van der Waals surface area contributed by atoms with Crippen LogP contribution in [0.1, 0.15) is 29.9 Å². The second-order valence-electron chi connectivity index (χ2n) is 5.95. The molecule has 128 valence electrons. The molecule has 0 saturated heterocycles. The van der Waals surface area contributed by atoms with Gasteiger partial charge in [-0.05, 0) is 30.2 Å². The normalized spacial score (nSPS) is 13.2. The zero-order chi connectivity index (χ0) is 17.5. The maximum atomic E-state index is 12.4. The van der Waals surface area contributed by atoms with Crippen molar-refractivity contribution in [1.82, 2.24) is 10.6 Å². The van der Waals surface area contributed by atoms with E-state index >= 15 is 0 Å². The minimum absolute atomic E-state index is 0.0451. The number of rotatable bonds is 7. The van der Waals surface area contributed by atoms with Crippen molar-refractivity contribution in [2.24, 2.45) is 0 Å². The van der Waals surface area contributed by atoms with Gasteiger partial charge < -0.3 is 9.73 Å². The Morgan fingerprint density at radius 3 is 2.28 bits per heavy atom. The van der Waals surface area contributed by atoms with Gasteiger partial charge in [0.15, 0.2) is 0 Å². The van der Waals surface area contributed by atoms with Crippen molar-refractivity contribution in [3.05, 3.63) is 95.9 Å². The Morgan fingerprint density at radius 2 is 1.64 bits per heavy atom. The standard InChI is InChI=1S/C21H22N2O2/c1-16(21(24)22-15-17-9-4-2-5-10-17)23-20(19-13-8-14-25-19)18-11-6-3-7-12-18/h2-14,16,20,23H,15H2,1H3,(H,22,24)/t16-,20-/m1/s1. The van der Waals surface area contributed by atoms with Crippen LogP contribution in [0.25, 0.3) is 0 Å². The van der Waals surface area contributed by atoms with Gasteiger partial charge in [0.1, 0.15) is 5.76 Å². The number of nitrogens with one attached hydrogen (secondary N) is 2. The SMILES string of the molecule is C[C@@H](N[C@H](c1ccccc1)c1ccco1)C(=O)NCc1ccccc1. The van der Waals surface area contributed by atoms with E-state index in [-0.39, 0.29) is 18.0 Å². The molecule has 0 saturated carbocycles. The van der Waals surface area contributed by atoms with Crippen molar-refractivity contribution in [2.75, 3.05) is 0 Å². The van der Waals surface area contributed by atoms with Gasteiger partial charge >= 0.3 is 0 Å². The molecule has 1 heterocycles. The van der Waals surface area contributed by atoms with Crippen LogP contribution in [0.4, 0.5) is 0 Å². The maximum absolute atomic E-state index is 12.4. The predicted octanol–water partition coefficient (Wildman–Crippen LogP) is 3.66. The van der Waals surface area contributed by atoms with Gasteiger partial charge in [0.05, 0.1) is 18.3 Å². The Labute approximate surface area is 147 Å². The number of carbonyl (C=O) groups is 1. The first-order valence-corrected chi connectivity index (χ1v) is 8.40. The molecule has 2 atom stereocenters. The molecule has 1 aromatic heterocycles. The Morgan fingerprint density at radius 1 is 0.960 bits per heavy atom. The zero-order valence-electron chi connectivity index (χ0n) is 14.2. The first-order chi connectivity index (χ1) is 12.2. The highest BCUT2D eigenvalue weighted by Gasteiger charge is 2.22. The summed E-state index contributed by atoms with van der Waals surface area (Å²) in [5.41, 5.74) is 2.13. The van der Waals surface area contributed by atoms with E-state index in [1.54, 1.807) is 6.26 Å². The molecule has 0 radical (unpaired) electrons. The minimum Gasteiger partial charge on any atom is -0.467 e. The van der Waals surface area contributed by atoms with E-state index in [9.17, 15) is 4.79 Å². The zero-order valence-corrected chi connectivity index (χ0v) is 14.2. The van der Waals surface area contributed by atoms with E-state index in [0.29, 0.717) is 6.54 Å². The number of furan rings is 1. The molecule has 3 aromatic rings. The van der Waals surface area contributed by atoms with Gasteiger partial charge in [-0.25, -0.2) is 0 Å². The molecule has 25 heavy (non-hydrogen) atoms. The molecule has 0 unspecified atom stereocenters. The Kier molecular flexibility index (Phi) is 5.65. The fourth-order valence-corrected chi connectivity index (χ4v) is 2.71. The van der Waals surface area contributed by atoms with Crippen LogP contribution in [0, 0.1) is 0 Å². The molecule has 0 aliphatic rings. The molecule has 0 aliphatic heterocycles. The lowest BCUT2D eigenvalue weighted by molar-refractivity contribution is -0.123. The maximum Gasteiger partial charge on any atom is 0.237 e. The van der Waals surface area contributed by atoms with Crippen LogP contribution in [-0.2, 0) is 11.3 Å². The third kappa shape index (κ3) is 4.58. The Bertz CT molecular complexity index is 770. The lowest BCUT2D eigenvalue weighted by atomic mass is 10.0. The second-order valence-corrected chi connectivity index (χ2v) is 5.95. The first-order valence-electron chi connectivity index (χ1n) is 8.40. The summed E-state index contributed by atoms with van der Waals surface area (Å²) in [4.78, 5) is 12.4. The smallest absolute Gasteiger partial charge is 0.237 e. The summed E-state index contributed by atoms with van der Waals surface area (Å²) in [6, 6.07) is 23.1. The van der Waals surface area contributed by atoms with Crippen LogP contribution in [0.5, 0.6) is 0 Å². The van der Waals surface area contributed by atoms with Crippen molar-refractivity contribution in [3.63, 3.8) is 0 Å². The number of benzene rings is 2. The predicted molar refractivity (Wildman–Crippen MR) is 97.9 cm³/mol. The molecular weight excluding hydrogens is 312 g/mol. The Balaban J connectivity index is 1.66. The molecule has 2 N–H and O–H groups in total. The van der Waals surface area contributed by atoms with E-state index in [2.05, 4.69) is 10.6 Å². The number of carbonyl (C=O) groups excluding carboxylic acids is 1. The van der Waals surface area contributed by atoms with Crippen LogP contribution in [0.2, 0.25) is 0 Å². The number of hydrogen-bond donors (Lipinski definition) is 2. The highest BCUT2D eigenvalue weighted by Crippen LogP contribution is 2.22.